The summed E-state index contributed by atoms with van der Waals surface area (Å²) in [7, 11) is 4.55. The Morgan fingerprint density at radius 2 is 1.48 bits per heavy atom. The topological polar surface area (TPSA) is 26.3 Å². The van der Waals surface area contributed by atoms with Gasteiger partial charge in [0, 0.05) is 5.56 Å². The lowest BCUT2D eigenvalue weighted by atomic mass is 10.1. The molecular formula is C23H40BrNO2. The molecule has 0 bridgehead atoms. The minimum absolute atomic E-state index is 0. The number of carbonyl (C=O) groups excluding carboxylic acids is 1. The number of carbonyl (C=O) groups is 1. The van der Waals surface area contributed by atoms with E-state index in [1.807, 2.05) is 12.1 Å². The van der Waals surface area contributed by atoms with Crippen LogP contribution < -0.4 is 21.7 Å². The quantitative estimate of drug-likeness (QED) is 0.224. The van der Waals surface area contributed by atoms with E-state index in [-0.39, 0.29) is 17.0 Å². The van der Waals surface area contributed by atoms with Crippen molar-refractivity contribution < 1.29 is 31.0 Å². The predicted molar refractivity (Wildman–Crippen MR) is 111 cm³/mol. The van der Waals surface area contributed by atoms with Crippen LogP contribution in [0.4, 0.5) is 0 Å². The number of aldehydes is 1. The first-order valence-electron chi connectivity index (χ1n) is 10.6. The van der Waals surface area contributed by atoms with Crippen LogP contribution in [0.5, 0.6) is 5.75 Å². The Balaban J connectivity index is 0.00000676. The molecule has 0 radical (unpaired) electrons. The Bertz CT molecular complexity index is 491. The molecule has 0 fully saturated rings. The lowest BCUT2D eigenvalue weighted by molar-refractivity contribution is -0.890. The van der Waals surface area contributed by atoms with Gasteiger partial charge in [-0.3, -0.25) is 4.79 Å². The molecule has 0 heterocycles. The zero-order valence-corrected chi connectivity index (χ0v) is 19.3. The number of halogens is 1. The summed E-state index contributed by atoms with van der Waals surface area (Å²) in [4.78, 5) is 10.8. The molecule has 4 heteroatoms. The Morgan fingerprint density at radius 1 is 0.889 bits per heavy atom. The molecule has 0 saturated heterocycles. The fourth-order valence-corrected chi connectivity index (χ4v) is 3.23. The number of hydrogen-bond acceptors (Lipinski definition) is 2. The average Bonchev–Trinajstić information content (AvgIpc) is 2.63. The van der Waals surface area contributed by atoms with Crippen molar-refractivity contribution >= 4 is 6.29 Å². The lowest BCUT2D eigenvalue weighted by Gasteiger charge is -2.29. The highest BCUT2D eigenvalue weighted by atomic mass is 79.9. The first kappa shape index (κ1) is 26.1. The maximum atomic E-state index is 10.8. The zero-order chi connectivity index (χ0) is 19.1. The number of ether oxygens (including phenoxy) is 1. The third-order valence-electron chi connectivity index (χ3n) is 5.08. The van der Waals surface area contributed by atoms with Gasteiger partial charge in [-0.1, -0.05) is 70.4 Å². The lowest BCUT2D eigenvalue weighted by Crippen LogP contribution is -3.00. The summed E-state index contributed by atoms with van der Waals surface area (Å²) in [6, 6.07) is 7.37. The van der Waals surface area contributed by atoms with Crippen molar-refractivity contribution in [3.8, 4) is 5.75 Å². The highest BCUT2D eigenvalue weighted by Crippen LogP contribution is 2.13. The van der Waals surface area contributed by atoms with E-state index in [0.29, 0.717) is 12.2 Å². The van der Waals surface area contributed by atoms with Crippen LogP contribution in [0.3, 0.4) is 0 Å². The number of unbranched alkanes of at least 4 members (excludes halogenated alkanes) is 9. The molecule has 0 aliphatic carbocycles. The molecule has 0 amide bonds. The molecular weight excluding hydrogens is 402 g/mol. The van der Waals surface area contributed by atoms with Crippen molar-refractivity contribution in [3.05, 3.63) is 29.8 Å². The molecule has 0 unspecified atom stereocenters. The molecule has 0 spiro atoms. The van der Waals surface area contributed by atoms with Gasteiger partial charge in [0.05, 0.1) is 20.6 Å². The Kier molecular flexibility index (Phi) is 15.6. The number of rotatable bonds is 16. The SMILES string of the molecule is CCCCCCCCCCCC[N+](C)(C)CCOc1cccc(C=O)c1.[Br-]. The summed E-state index contributed by atoms with van der Waals surface area (Å²) in [5.74, 6) is 0.786. The average molecular weight is 442 g/mol. The second kappa shape index (κ2) is 16.1. The largest absolute Gasteiger partial charge is 1.00 e. The van der Waals surface area contributed by atoms with E-state index in [4.69, 9.17) is 4.74 Å². The third-order valence-corrected chi connectivity index (χ3v) is 5.08. The van der Waals surface area contributed by atoms with Crippen molar-refractivity contribution in [2.75, 3.05) is 33.8 Å². The van der Waals surface area contributed by atoms with Crippen LogP contribution in [0.1, 0.15) is 81.5 Å². The van der Waals surface area contributed by atoms with Gasteiger partial charge in [0.2, 0.25) is 0 Å². The van der Waals surface area contributed by atoms with Crippen LogP contribution in [0.15, 0.2) is 24.3 Å². The van der Waals surface area contributed by atoms with Gasteiger partial charge in [-0.2, -0.15) is 0 Å². The summed E-state index contributed by atoms with van der Waals surface area (Å²) in [5, 5.41) is 0. The van der Waals surface area contributed by atoms with E-state index in [0.717, 1.165) is 23.1 Å². The monoisotopic (exact) mass is 441 g/mol. The number of benzene rings is 1. The first-order chi connectivity index (χ1) is 12.6. The zero-order valence-electron chi connectivity index (χ0n) is 17.7. The van der Waals surface area contributed by atoms with E-state index in [1.54, 1.807) is 12.1 Å². The highest BCUT2D eigenvalue weighted by molar-refractivity contribution is 5.75. The molecule has 27 heavy (non-hydrogen) atoms. The summed E-state index contributed by atoms with van der Waals surface area (Å²) in [6.45, 7) is 5.15. The number of quaternary nitrogens is 1. The smallest absolute Gasteiger partial charge is 0.150 e. The van der Waals surface area contributed by atoms with Crippen molar-refractivity contribution in [1.82, 2.24) is 0 Å². The minimum atomic E-state index is 0. The summed E-state index contributed by atoms with van der Waals surface area (Å²) < 4.78 is 6.80. The Hall–Kier alpha value is -0.870. The number of hydrogen-bond donors (Lipinski definition) is 0. The van der Waals surface area contributed by atoms with E-state index in [2.05, 4.69) is 21.0 Å². The van der Waals surface area contributed by atoms with E-state index in [1.165, 1.54) is 70.8 Å². The molecule has 0 atom stereocenters. The van der Waals surface area contributed by atoms with E-state index < -0.39 is 0 Å². The van der Waals surface area contributed by atoms with Gasteiger partial charge in [-0.05, 0) is 25.0 Å². The molecule has 0 aliphatic heterocycles. The van der Waals surface area contributed by atoms with Gasteiger partial charge in [0.1, 0.15) is 25.2 Å². The van der Waals surface area contributed by atoms with Crippen molar-refractivity contribution in [2.24, 2.45) is 0 Å². The predicted octanol–water partition coefficient (Wildman–Crippen LogP) is 2.88. The highest BCUT2D eigenvalue weighted by Gasteiger charge is 2.14. The van der Waals surface area contributed by atoms with Gasteiger partial charge >= 0.3 is 0 Å². The summed E-state index contributed by atoms with van der Waals surface area (Å²) in [6.07, 6.45) is 14.7. The van der Waals surface area contributed by atoms with Crippen LogP contribution in [0.25, 0.3) is 0 Å². The fourth-order valence-electron chi connectivity index (χ4n) is 3.23. The second-order valence-corrected chi connectivity index (χ2v) is 8.10. The number of likely N-dealkylation sites (N-methyl/N-ethyl adjacent to an activating group) is 1. The van der Waals surface area contributed by atoms with Crippen LogP contribution in [0.2, 0.25) is 0 Å². The first-order valence-corrected chi connectivity index (χ1v) is 10.6. The maximum Gasteiger partial charge on any atom is 0.150 e. The normalized spacial score (nSPS) is 11.1. The molecule has 0 N–H and O–H groups in total. The van der Waals surface area contributed by atoms with Crippen molar-refractivity contribution in [1.29, 1.82) is 0 Å². The fraction of sp³-hybridized carbons (Fsp3) is 0.696. The molecule has 0 aliphatic rings. The van der Waals surface area contributed by atoms with E-state index in [9.17, 15) is 4.79 Å². The molecule has 3 nitrogen and oxygen atoms in total. The van der Waals surface area contributed by atoms with Gasteiger partial charge in [-0.25, -0.2) is 0 Å². The van der Waals surface area contributed by atoms with Crippen LogP contribution in [0, 0.1) is 0 Å². The summed E-state index contributed by atoms with van der Waals surface area (Å²) >= 11 is 0. The van der Waals surface area contributed by atoms with Crippen LogP contribution >= 0.6 is 0 Å². The second-order valence-electron chi connectivity index (χ2n) is 8.10. The van der Waals surface area contributed by atoms with E-state index >= 15 is 0 Å². The van der Waals surface area contributed by atoms with Gasteiger partial charge in [-0.15, -0.1) is 0 Å². The standard InChI is InChI=1S/C23H40NO2.BrH/c1-4-5-6-7-8-9-10-11-12-13-17-24(2,3)18-19-26-23-16-14-15-22(20-23)21-25;/h14-16,20-21H,4-13,17-19H2,1-3H3;1H/q+1;/p-1. The molecule has 156 valence electrons. The molecule has 1 aromatic carbocycles. The van der Waals surface area contributed by atoms with Crippen molar-refractivity contribution in [2.45, 2.75) is 71.1 Å². The molecule has 0 aromatic heterocycles. The maximum absolute atomic E-state index is 10.8. The van der Waals surface area contributed by atoms with Crippen LogP contribution in [-0.2, 0) is 0 Å². The Labute approximate surface area is 177 Å². The molecule has 0 saturated carbocycles. The Morgan fingerprint density at radius 3 is 2.07 bits per heavy atom. The third kappa shape index (κ3) is 13.9. The van der Waals surface area contributed by atoms with Gasteiger partial charge < -0.3 is 26.2 Å². The molecule has 1 aromatic rings. The van der Waals surface area contributed by atoms with Gasteiger partial charge in [0.25, 0.3) is 0 Å². The number of nitrogens with zero attached hydrogens (tertiary/aromatic N) is 1. The minimum Gasteiger partial charge on any atom is -1.00 e. The van der Waals surface area contributed by atoms with Crippen molar-refractivity contribution in [3.63, 3.8) is 0 Å². The van der Waals surface area contributed by atoms with Crippen LogP contribution in [-0.4, -0.2) is 44.6 Å². The molecule has 1 rings (SSSR count). The van der Waals surface area contributed by atoms with Gasteiger partial charge in [0.15, 0.2) is 0 Å². The summed E-state index contributed by atoms with van der Waals surface area (Å²) in [5.41, 5.74) is 0.668.